The number of amides is 1. The van der Waals surface area contributed by atoms with Gasteiger partial charge in [0.15, 0.2) is 0 Å². The summed E-state index contributed by atoms with van der Waals surface area (Å²) in [6, 6.07) is 16.6. The summed E-state index contributed by atoms with van der Waals surface area (Å²) < 4.78 is 5.74. The second-order valence-electron chi connectivity index (χ2n) is 8.92. The van der Waals surface area contributed by atoms with Gasteiger partial charge >= 0.3 is 6.09 Å². The van der Waals surface area contributed by atoms with E-state index in [-0.39, 0.29) is 36.0 Å². The quantitative estimate of drug-likeness (QED) is 0.718. The average Bonchev–Trinajstić information content (AvgIpc) is 3.34. The lowest BCUT2D eigenvalue weighted by molar-refractivity contribution is 0.0587. The highest BCUT2D eigenvalue weighted by molar-refractivity contribution is 5.79. The number of rotatable bonds is 6. The first-order valence-corrected chi connectivity index (χ1v) is 10.8. The van der Waals surface area contributed by atoms with E-state index in [0.29, 0.717) is 6.61 Å². The van der Waals surface area contributed by atoms with Gasteiger partial charge in [-0.25, -0.2) is 4.79 Å². The van der Waals surface area contributed by atoms with Crippen molar-refractivity contribution < 1.29 is 14.6 Å². The summed E-state index contributed by atoms with van der Waals surface area (Å²) in [5.74, 6) is 0.296. The van der Waals surface area contributed by atoms with Crippen molar-refractivity contribution in [1.29, 1.82) is 0 Å². The van der Waals surface area contributed by atoms with Gasteiger partial charge in [0.1, 0.15) is 6.61 Å². The molecule has 2 aromatic rings. The minimum absolute atomic E-state index is 0.0592. The summed E-state index contributed by atoms with van der Waals surface area (Å²) in [5.41, 5.74) is 4.65. The summed E-state index contributed by atoms with van der Waals surface area (Å²) in [6.45, 7) is 4.63. The fourth-order valence-corrected chi connectivity index (χ4v) is 5.44. The molecule has 1 fully saturated rings. The Morgan fingerprint density at radius 3 is 2.14 bits per heavy atom. The van der Waals surface area contributed by atoms with Crippen LogP contribution in [0.5, 0.6) is 0 Å². The molecule has 4 heteroatoms. The average molecular weight is 394 g/mol. The number of carbonyl (C=O) groups excluding carboxylic acids is 1. The van der Waals surface area contributed by atoms with Crippen molar-refractivity contribution in [3.63, 3.8) is 0 Å². The molecule has 1 unspecified atom stereocenters. The zero-order valence-electron chi connectivity index (χ0n) is 17.4. The molecule has 154 valence electrons. The maximum Gasteiger partial charge on any atom is 0.407 e. The predicted octanol–water partition coefficient (Wildman–Crippen LogP) is 5.10. The molecule has 1 amide bonds. The predicted molar refractivity (Wildman–Crippen MR) is 115 cm³/mol. The standard InChI is InChI=1S/C25H31NO3/c1-17(2)23(25(16-27)13-7-8-14-25)26-24(28)29-15-22-20-11-5-3-9-18(20)19-10-4-6-12-21(19)22/h3-6,9-12,17,22-23,27H,7-8,13-16H2,1-2H3,(H,26,28). The molecule has 0 aliphatic heterocycles. The Morgan fingerprint density at radius 1 is 1.07 bits per heavy atom. The molecule has 2 aliphatic carbocycles. The Hall–Kier alpha value is -2.33. The lowest BCUT2D eigenvalue weighted by Crippen LogP contribution is -2.51. The molecule has 2 aliphatic rings. The number of fused-ring (bicyclic) bond motifs is 3. The van der Waals surface area contributed by atoms with E-state index in [2.05, 4.69) is 55.6 Å². The van der Waals surface area contributed by atoms with E-state index in [0.717, 1.165) is 25.7 Å². The van der Waals surface area contributed by atoms with Crippen molar-refractivity contribution in [2.45, 2.75) is 51.5 Å². The molecular formula is C25H31NO3. The third-order valence-corrected chi connectivity index (χ3v) is 6.86. The highest BCUT2D eigenvalue weighted by Crippen LogP contribution is 2.45. The van der Waals surface area contributed by atoms with E-state index in [1.54, 1.807) is 0 Å². The molecule has 1 saturated carbocycles. The molecular weight excluding hydrogens is 362 g/mol. The second kappa shape index (κ2) is 8.19. The zero-order valence-corrected chi connectivity index (χ0v) is 17.4. The first kappa shape index (κ1) is 20.0. The van der Waals surface area contributed by atoms with Crippen LogP contribution in [0.25, 0.3) is 11.1 Å². The molecule has 2 N–H and O–H groups in total. The molecule has 0 bridgehead atoms. The van der Waals surface area contributed by atoms with E-state index >= 15 is 0 Å². The third-order valence-electron chi connectivity index (χ3n) is 6.86. The first-order valence-electron chi connectivity index (χ1n) is 10.8. The Labute approximate surface area is 173 Å². The third kappa shape index (κ3) is 3.66. The van der Waals surface area contributed by atoms with Crippen molar-refractivity contribution in [2.24, 2.45) is 11.3 Å². The van der Waals surface area contributed by atoms with E-state index in [4.69, 9.17) is 4.74 Å². The van der Waals surface area contributed by atoms with Gasteiger partial charge in [0.05, 0.1) is 6.61 Å². The van der Waals surface area contributed by atoms with Crippen LogP contribution in [0.1, 0.15) is 56.6 Å². The maximum absolute atomic E-state index is 12.7. The second-order valence-corrected chi connectivity index (χ2v) is 8.92. The van der Waals surface area contributed by atoms with Crippen LogP contribution in [-0.2, 0) is 4.74 Å². The van der Waals surface area contributed by atoms with Crippen LogP contribution >= 0.6 is 0 Å². The molecule has 2 aromatic carbocycles. The van der Waals surface area contributed by atoms with Crippen molar-refractivity contribution in [3.05, 3.63) is 59.7 Å². The summed E-state index contributed by atoms with van der Waals surface area (Å²) in [7, 11) is 0. The summed E-state index contributed by atoms with van der Waals surface area (Å²) in [4.78, 5) is 12.7. The van der Waals surface area contributed by atoms with Crippen LogP contribution < -0.4 is 5.32 Å². The van der Waals surface area contributed by atoms with E-state index in [1.807, 2.05) is 12.1 Å². The topological polar surface area (TPSA) is 58.6 Å². The summed E-state index contributed by atoms with van der Waals surface area (Å²) >= 11 is 0. The number of aliphatic hydroxyl groups excluding tert-OH is 1. The smallest absolute Gasteiger partial charge is 0.407 e. The number of hydrogen-bond acceptors (Lipinski definition) is 3. The van der Waals surface area contributed by atoms with Crippen LogP contribution in [0.2, 0.25) is 0 Å². The fourth-order valence-electron chi connectivity index (χ4n) is 5.44. The van der Waals surface area contributed by atoms with Crippen LogP contribution in [0.4, 0.5) is 4.79 Å². The van der Waals surface area contributed by atoms with Gasteiger partial charge in [0, 0.05) is 17.4 Å². The highest BCUT2D eigenvalue weighted by Gasteiger charge is 2.43. The number of benzene rings is 2. The van der Waals surface area contributed by atoms with E-state index in [9.17, 15) is 9.90 Å². The minimum atomic E-state index is -0.384. The van der Waals surface area contributed by atoms with Gasteiger partial charge in [0.25, 0.3) is 0 Å². The number of aliphatic hydroxyl groups is 1. The minimum Gasteiger partial charge on any atom is -0.449 e. The normalized spacial score (nSPS) is 18.3. The van der Waals surface area contributed by atoms with Crippen molar-refractivity contribution >= 4 is 6.09 Å². The zero-order chi connectivity index (χ0) is 20.4. The lowest BCUT2D eigenvalue weighted by Gasteiger charge is -2.39. The van der Waals surface area contributed by atoms with Crippen LogP contribution in [-0.4, -0.2) is 30.5 Å². The summed E-state index contributed by atoms with van der Waals surface area (Å²) in [6.07, 6.45) is 3.74. The largest absolute Gasteiger partial charge is 0.449 e. The molecule has 0 aromatic heterocycles. The van der Waals surface area contributed by atoms with Gasteiger partial charge in [0.2, 0.25) is 0 Å². The molecule has 0 saturated heterocycles. The number of hydrogen-bond donors (Lipinski definition) is 2. The van der Waals surface area contributed by atoms with Crippen LogP contribution in [0, 0.1) is 11.3 Å². The van der Waals surface area contributed by atoms with Gasteiger partial charge in [-0.05, 0) is 41.0 Å². The number of alkyl carbamates (subject to hydrolysis) is 1. The molecule has 1 atom stereocenters. The molecule has 0 spiro atoms. The van der Waals surface area contributed by atoms with Gasteiger partial charge in [-0.3, -0.25) is 0 Å². The van der Waals surface area contributed by atoms with Crippen LogP contribution in [0.3, 0.4) is 0 Å². The Balaban J connectivity index is 1.47. The van der Waals surface area contributed by atoms with Crippen LogP contribution in [0.15, 0.2) is 48.5 Å². The Morgan fingerprint density at radius 2 is 1.62 bits per heavy atom. The number of ether oxygens (including phenoxy) is 1. The molecule has 29 heavy (non-hydrogen) atoms. The lowest BCUT2D eigenvalue weighted by atomic mass is 9.74. The highest BCUT2D eigenvalue weighted by atomic mass is 16.5. The SMILES string of the molecule is CC(C)C(NC(=O)OCC1c2ccccc2-c2ccccc21)C1(CO)CCCC1. The number of carbonyl (C=O) groups is 1. The first-order chi connectivity index (χ1) is 14.1. The number of nitrogens with one attached hydrogen (secondary N) is 1. The Kier molecular flexibility index (Phi) is 5.64. The van der Waals surface area contributed by atoms with E-state index < -0.39 is 0 Å². The van der Waals surface area contributed by atoms with Crippen molar-refractivity contribution in [3.8, 4) is 11.1 Å². The summed E-state index contributed by atoms with van der Waals surface area (Å²) in [5, 5.41) is 13.2. The monoisotopic (exact) mass is 393 g/mol. The van der Waals surface area contributed by atoms with Gasteiger partial charge in [-0.2, -0.15) is 0 Å². The fraction of sp³-hybridized carbons (Fsp3) is 0.480. The molecule has 4 rings (SSSR count). The van der Waals surface area contributed by atoms with Crippen molar-refractivity contribution in [1.82, 2.24) is 5.32 Å². The Bertz CT molecular complexity index is 824. The van der Waals surface area contributed by atoms with Gasteiger partial charge in [-0.15, -0.1) is 0 Å². The van der Waals surface area contributed by atoms with Crippen molar-refractivity contribution in [2.75, 3.05) is 13.2 Å². The molecule has 4 nitrogen and oxygen atoms in total. The molecule has 0 radical (unpaired) electrons. The maximum atomic E-state index is 12.7. The molecule has 0 heterocycles. The van der Waals surface area contributed by atoms with Gasteiger partial charge in [-0.1, -0.05) is 75.2 Å². The van der Waals surface area contributed by atoms with Gasteiger partial charge < -0.3 is 15.2 Å². The van der Waals surface area contributed by atoms with E-state index in [1.165, 1.54) is 22.3 Å².